The minimum absolute atomic E-state index is 0.0722. The molecule has 0 unspecified atom stereocenters. The van der Waals surface area contributed by atoms with Crippen molar-refractivity contribution in [3.8, 4) is 5.75 Å². The fourth-order valence-corrected chi connectivity index (χ4v) is 5.76. The number of halogens is 3. The lowest BCUT2D eigenvalue weighted by Crippen LogP contribution is -2.53. The molecular weight excluding hydrogens is 423 g/mol. The Morgan fingerprint density at radius 1 is 1.22 bits per heavy atom. The number of rotatable bonds is 5. The lowest BCUT2D eigenvalue weighted by molar-refractivity contribution is -0.158. The summed E-state index contributed by atoms with van der Waals surface area (Å²) in [5.41, 5.74) is 5.47. The fourth-order valence-electron chi connectivity index (χ4n) is 5.76. The Bertz CT molecular complexity index is 952. The molecule has 1 atom stereocenters. The molecule has 1 heterocycles. The van der Waals surface area contributed by atoms with E-state index < -0.39 is 29.6 Å². The van der Waals surface area contributed by atoms with Gasteiger partial charge in [0.1, 0.15) is 12.3 Å². The number of carbonyl (C=O) groups excluding carboxylic acids is 1. The Hall–Kier alpha value is -2.29. The number of methoxy groups -OCH3 is 1. The van der Waals surface area contributed by atoms with Crippen molar-refractivity contribution in [2.75, 3.05) is 20.3 Å². The summed E-state index contributed by atoms with van der Waals surface area (Å²) in [6.07, 6.45) is 1.06. The zero-order chi connectivity index (χ0) is 22.7. The summed E-state index contributed by atoms with van der Waals surface area (Å²) in [5.74, 6) is 0.129. The van der Waals surface area contributed by atoms with E-state index in [9.17, 15) is 18.0 Å². The van der Waals surface area contributed by atoms with Crippen molar-refractivity contribution in [3.05, 3.63) is 29.3 Å². The zero-order valence-electron chi connectivity index (χ0n) is 18.1. The van der Waals surface area contributed by atoms with Gasteiger partial charge in [0.2, 0.25) is 0 Å². The van der Waals surface area contributed by atoms with Crippen LogP contribution in [0.1, 0.15) is 49.7 Å². The quantitative estimate of drug-likeness (QED) is 0.743. The second kappa shape index (κ2) is 7.37. The SMILES string of the molecule is CO[C@H]1CC[C@]2(CC1)Cc1ccc(OCC3CC3)cc1[C@@]21N=C(N)N(CC(F)(F)F)C1=O. The summed E-state index contributed by atoms with van der Waals surface area (Å²) in [6.45, 7) is -0.834. The van der Waals surface area contributed by atoms with Crippen LogP contribution in [0, 0.1) is 11.3 Å². The first-order valence-corrected chi connectivity index (χ1v) is 11.2. The maximum absolute atomic E-state index is 13.8. The van der Waals surface area contributed by atoms with Crippen LogP contribution in [-0.4, -0.2) is 49.3 Å². The van der Waals surface area contributed by atoms with Crippen molar-refractivity contribution < 1.29 is 27.4 Å². The first-order chi connectivity index (χ1) is 15.2. The van der Waals surface area contributed by atoms with Crippen molar-refractivity contribution in [2.24, 2.45) is 22.1 Å². The number of amides is 1. The van der Waals surface area contributed by atoms with E-state index >= 15 is 0 Å². The molecule has 2 saturated carbocycles. The Morgan fingerprint density at radius 3 is 2.56 bits per heavy atom. The average Bonchev–Trinajstić information content (AvgIpc) is 3.50. The Balaban J connectivity index is 1.57. The van der Waals surface area contributed by atoms with Gasteiger partial charge in [-0.25, -0.2) is 4.99 Å². The molecule has 3 aliphatic carbocycles. The van der Waals surface area contributed by atoms with Gasteiger partial charge in [-0.3, -0.25) is 9.69 Å². The van der Waals surface area contributed by atoms with Gasteiger partial charge < -0.3 is 15.2 Å². The van der Waals surface area contributed by atoms with Gasteiger partial charge in [-0.2, -0.15) is 13.2 Å². The standard InChI is InChI=1S/C23H28F3N3O3/c1-31-16-6-8-21(9-7-16)11-15-4-5-17(32-12-14-2-3-14)10-18(15)23(21)19(30)29(20(27)28-23)13-22(24,25)26/h4-5,10,14,16H,2-3,6-9,11-13H2,1H3,(H2,27,28)/t16-,21-,23-/m0/s1. The smallest absolute Gasteiger partial charge is 0.406 e. The zero-order valence-corrected chi connectivity index (χ0v) is 18.1. The van der Waals surface area contributed by atoms with Crippen LogP contribution >= 0.6 is 0 Å². The number of hydrogen-bond acceptors (Lipinski definition) is 5. The molecule has 1 aliphatic heterocycles. The second-order valence-corrected chi connectivity index (χ2v) is 9.65. The van der Waals surface area contributed by atoms with Crippen LogP contribution in [-0.2, 0) is 21.5 Å². The third-order valence-electron chi connectivity index (χ3n) is 7.62. The number of nitrogens with zero attached hydrogens (tertiary/aromatic N) is 2. The van der Waals surface area contributed by atoms with Crippen molar-refractivity contribution in [2.45, 2.75) is 62.8 Å². The molecule has 174 valence electrons. The Kier molecular flexibility index (Phi) is 4.96. The minimum atomic E-state index is -4.57. The molecule has 1 aromatic rings. The van der Waals surface area contributed by atoms with Crippen LogP contribution in [0.3, 0.4) is 0 Å². The van der Waals surface area contributed by atoms with E-state index in [1.807, 2.05) is 12.1 Å². The lowest BCUT2D eigenvalue weighted by Gasteiger charge is -2.45. The van der Waals surface area contributed by atoms with Gasteiger partial charge in [0, 0.05) is 12.5 Å². The normalized spacial score (nSPS) is 32.0. The predicted octanol–water partition coefficient (Wildman–Crippen LogP) is 3.52. The highest BCUT2D eigenvalue weighted by Gasteiger charge is 2.67. The highest BCUT2D eigenvalue weighted by molar-refractivity contribution is 6.08. The number of nitrogens with two attached hydrogens (primary N) is 1. The summed E-state index contributed by atoms with van der Waals surface area (Å²) < 4.78 is 51.2. The van der Waals surface area contributed by atoms with Crippen LogP contribution in [0.4, 0.5) is 13.2 Å². The molecule has 0 radical (unpaired) electrons. The molecule has 9 heteroatoms. The summed E-state index contributed by atoms with van der Waals surface area (Å²) in [7, 11) is 1.66. The van der Waals surface area contributed by atoms with Crippen molar-refractivity contribution >= 4 is 11.9 Å². The maximum atomic E-state index is 13.8. The number of ether oxygens (including phenoxy) is 2. The Labute approximate surface area is 184 Å². The van der Waals surface area contributed by atoms with Gasteiger partial charge in [-0.15, -0.1) is 0 Å². The molecule has 0 saturated heterocycles. The monoisotopic (exact) mass is 451 g/mol. The fraction of sp³-hybridized carbons (Fsp3) is 0.652. The van der Waals surface area contributed by atoms with Crippen LogP contribution in [0.2, 0.25) is 0 Å². The third kappa shape index (κ3) is 3.36. The molecule has 5 rings (SSSR count). The van der Waals surface area contributed by atoms with Gasteiger partial charge in [0.15, 0.2) is 11.5 Å². The number of benzene rings is 1. The molecule has 32 heavy (non-hydrogen) atoms. The van der Waals surface area contributed by atoms with E-state index in [-0.39, 0.29) is 12.1 Å². The predicted molar refractivity (Wildman–Crippen MR) is 111 cm³/mol. The molecule has 1 amide bonds. The number of fused-ring (bicyclic) bond motifs is 3. The van der Waals surface area contributed by atoms with Crippen LogP contribution in [0.15, 0.2) is 23.2 Å². The number of carbonyl (C=O) groups is 1. The molecule has 4 aliphatic rings. The Morgan fingerprint density at radius 2 is 1.94 bits per heavy atom. The van der Waals surface area contributed by atoms with Crippen molar-refractivity contribution in [1.82, 2.24) is 4.90 Å². The molecule has 1 aromatic carbocycles. The number of aliphatic imine (C=N–C) groups is 1. The van der Waals surface area contributed by atoms with E-state index in [0.29, 0.717) is 48.0 Å². The average molecular weight is 451 g/mol. The van der Waals surface area contributed by atoms with E-state index in [1.54, 1.807) is 13.2 Å². The van der Waals surface area contributed by atoms with Crippen LogP contribution < -0.4 is 10.5 Å². The summed E-state index contributed by atoms with van der Waals surface area (Å²) in [5, 5.41) is 0. The van der Waals surface area contributed by atoms with Gasteiger partial charge in [0.25, 0.3) is 5.91 Å². The molecule has 2 spiro atoms. The third-order valence-corrected chi connectivity index (χ3v) is 7.62. The topological polar surface area (TPSA) is 77.2 Å². The largest absolute Gasteiger partial charge is 0.493 e. The number of guanidine groups is 1. The van der Waals surface area contributed by atoms with Crippen molar-refractivity contribution in [1.29, 1.82) is 0 Å². The first kappa shape index (κ1) is 21.6. The van der Waals surface area contributed by atoms with E-state index in [2.05, 4.69) is 4.99 Å². The number of alkyl halides is 3. The van der Waals surface area contributed by atoms with Crippen molar-refractivity contribution in [3.63, 3.8) is 0 Å². The maximum Gasteiger partial charge on any atom is 0.406 e. The lowest BCUT2D eigenvalue weighted by atomic mass is 9.61. The van der Waals surface area contributed by atoms with E-state index in [4.69, 9.17) is 15.2 Å². The first-order valence-electron chi connectivity index (χ1n) is 11.2. The number of hydrogen-bond donors (Lipinski definition) is 1. The molecule has 2 fully saturated rings. The van der Waals surface area contributed by atoms with Gasteiger partial charge in [0.05, 0.1) is 12.7 Å². The molecule has 6 nitrogen and oxygen atoms in total. The van der Waals surface area contributed by atoms with E-state index in [0.717, 1.165) is 31.2 Å². The highest BCUT2D eigenvalue weighted by Crippen LogP contribution is 2.62. The van der Waals surface area contributed by atoms with Crippen LogP contribution in [0.25, 0.3) is 0 Å². The minimum Gasteiger partial charge on any atom is -0.493 e. The van der Waals surface area contributed by atoms with E-state index in [1.165, 1.54) is 0 Å². The summed E-state index contributed by atoms with van der Waals surface area (Å²) >= 11 is 0. The summed E-state index contributed by atoms with van der Waals surface area (Å²) in [6, 6.07) is 5.62. The molecule has 0 bridgehead atoms. The van der Waals surface area contributed by atoms with Crippen LogP contribution in [0.5, 0.6) is 5.75 Å². The van der Waals surface area contributed by atoms with Gasteiger partial charge in [-0.05, 0) is 74.1 Å². The molecule has 0 aromatic heterocycles. The summed E-state index contributed by atoms with van der Waals surface area (Å²) in [4.78, 5) is 18.9. The second-order valence-electron chi connectivity index (χ2n) is 9.65. The highest BCUT2D eigenvalue weighted by atomic mass is 19.4. The molecular formula is C23H28F3N3O3. The van der Waals surface area contributed by atoms with Gasteiger partial charge in [-0.1, -0.05) is 6.07 Å². The molecule has 2 N–H and O–H groups in total. The van der Waals surface area contributed by atoms with Gasteiger partial charge >= 0.3 is 6.18 Å².